The van der Waals surface area contributed by atoms with Gasteiger partial charge in [0.25, 0.3) is 10.0 Å². The van der Waals surface area contributed by atoms with Crippen molar-refractivity contribution in [2.24, 2.45) is 12.8 Å². The molecule has 38 heavy (non-hydrogen) atoms. The molecule has 0 unspecified atom stereocenters. The first-order chi connectivity index (χ1) is 17.7. The van der Waals surface area contributed by atoms with Crippen LogP contribution in [0.25, 0.3) is 21.8 Å². The van der Waals surface area contributed by atoms with Crippen LogP contribution in [0.4, 0.5) is 5.69 Å². The second-order valence-electron chi connectivity index (χ2n) is 8.47. The summed E-state index contributed by atoms with van der Waals surface area (Å²) < 4.78 is 36.5. The van der Waals surface area contributed by atoms with Gasteiger partial charge < -0.3 is 15.0 Å². The number of Topliss-reactive ketones (excluding diaryl/α,β-unsaturated/α-hetero) is 1. The van der Waals surface area contributed by atoms with Crippen molar-refractivity contribution < 1.29 is 17.9 Å². The summed E-state index contributed by atoms with van der Waals surface area (Å²) in [6, 6.07) is 20.1. The van der Waals surface area contributed by atoms with Crippen LogP contribution in [-0.4, -0.2) is 36.2 Å². The van der Waals surface area contributed by atoms with Gasteiger partial charge in [-0.1, -0.05) is 18.2 Å². The average Bonchev–Trinajstić information content (AvgIpc) is 3.22. The minimum Gasteiger partial charge on any atom is -0.485 e. The first-order valence-electron chi connectivity index (χ1n) is 11.3. The van der Waals surface area contributed by atoms with Gasteiger partial charge in [-0.05, 0) is 54.6 Å². The maximum absolute atomic E-state index is 13.2. The monoisotopic (exact) mass is 641 g/mol. The number of ketones is 1. The van der Waals surface area contributed by atoms with Gasteiger partial charge in [-0.3, -0.25) is 19.9 Å². The molecule has 3 aromatic carbocycles. The number of fused-ring (bicyclic) bond motifs is 2. The Hall–Kier alpha value is -3.97. The third kappa shape index (κ3) is 5.34. The van der Waals surface area contributed by atoms with Crippen LogP contribution in [0.2, 0.25) is 0 Å². The lowest BCUT2D eigenvalue weighted by atomic mass is 10.1. The molecule has 0 amide bonds. The van der Waals surface area contributed by atoms with Crippen molar-refractivity contribution in [3.63, 3.8) is 0 Å². The van der Waals surface area contributed by atoms with E-state index in [2.05, 4.69) is 9.71 Å². The fourth-order valence-corrected chi connectivity index (χ4v) is 5.37. The fraction of sp³-hybridized carbons (Fsp3) is 0.0741. The first-order valence-corrected chi connectivity index (χ1v) is 12.8. The van der Waals surface area contributed by atoms with Gasteiger partial charge in [-0.2, -0.15) is 0 Å². The minimum atomic E-state index is -3.94. The number of sulfonamides is 1. The number of hydrogen-bond donors (Lipinski definition) is 3. The Kier molecular flexibility index (Phi) is 7.69. The van der Waals surface area contributed by atoms with E-state index in [1.165, 1.54) is 6.07 Å². The van der Waals surface area contributed by atoms with Gasteiger partial charge >= 0.3 is 0 Å². The number of aromatic nitrogens is 2. The lowest BCUT2D eigenvalue weighted by molar-refractivity contribution is 0.0923. The van der Waals surface area contributed by atoms with Crippen molar-refractivity contribution >= 4 is 73.1 Å². The number of aryl methyl sites for hydroxylation is 1. The Morgan fingerprint density at radius 2 is 1.82 bits per heavy atom. The molecule has 0 atom stereocenters. The van der Waals surface area contributed by atoms with E-state index in [1.54, 1.807) is 83.7 Å². The van der Waals surface area contributed by atoms with Crippen LogP contribution in [0.3, 0.4) is 0 Å². The fourth-order valence-electron chi connectivity index (χ4n) is 4.14. The van der Waals surface area contributed by atoms with E-state index in [0.717, 1.165) is 5.52 Å². The highest BCUT2D eigenvalue weighted by Gasteiger charge is 2.20. The number of anilines is 1. The van der Waals surface area contributed by atoms with E-state index in [4.69, 9.17) is 15.9 Å². The van der Waals surface area contributed by atoms with Crippen molar-refractivity contribution in [3.05, 3.63) is 96.3 Å². The molecule has 5 aromatic rings. The molecular formula is C27H24IN5O4S. The number of ether oxygens (including phenoxy) is 1. The number of benzene rings is 3. The van der Waals surface area contributed by atoms with Crippen molar-refractivity contribution in [1.29, 1.82) is 5.41 Å². The van der Waals surface area contributed by atoms with Crippen LogP contribution in [0.1, 0.15) is 15.9 Å². The number of carbonyl (C=O) groups is 1. The van der Waals surface area contributed by atoms with Crippen molar-refractivity contribution in [2.45, 2.75) is 4.90 Å². The van der Waals surface area contributed by atoms with E-state index in [9.17, 15) is 13.2 Å². The summed E-state index contributed by atoms with van der Waals surface area (Å²) in [6.45, 7) is -0.212. The molecule has 2 heterocycles. The topological polar surface area (TPSA) is 140 Å². The van der Waals surface area contributed by atoms with Crippen LogP contribution in [0, 0.1) is 5.41 Å². The van der Waals surface area contributed by atoms with Gasteiger partial charge in [0.2, 0.25) is 5.78 Å². The molecule has 0 fully saturated rings. The number of carbonyl (C=O) groups excluding carboxylic acids is 1. The Balaban J connectivity index is 0.00000336. The Labute approximate surface area is 236 Å². The molecule has 0 aliphatic heterocycles. The van der Waals surface area contributed by atoms with Gasteiger partial charge in [0, 0.05) is 52.5 Å². The molecule has 0 saturated carbocycles. The Morgan fingerprint density at radius 1 is 1.08 bits per heavy atom. The Morgan fingerprint density at radius 3 is 2.55 bits per heavy atom. The number of amidine groups is 1. The molecule has 2 aromatic heterocycles. The van der Waals surface area contributed by atoms with Gasteiger partial charge in [-0.25, -0.2) is 8.42 Å². The summed E-state index contributed by atoms with van der Waals surface area (Å²) in [5, 5.41) is 8.77. The minimum absolute atomic E-state index is 0. The maximum atomic E-state index is 13.2. The largest absolute Gasteiger partial charge is 0.485 e. The second-order valence-corrected chi connectivity index (χ2v) is 10.1. The molecule has 0 radical (unpaired) electrons. The predicted molar refractivity (Wildman–Crippen MR) is 158 cm³/mol. The molecule has 5 rings (SSSR count). The molecule has 0 aliphatic rings. The first kappa shape index (κ1) is 27.1. The van der Waals surface area contributed by atoms with Crippen molar-refractivity contribution in [3.8, 4) is 5.75 Å². The second kappa shape index (κ2) is 10.8. The number of nitrogen functional groups attached to an aromatic ring is 1. The zero-order chi connectivity index (χ0) is 26.2. The van der Waals surface area contributed by atoms with Gasteiger partial charge in [-0.15, -0.1) is 24.0 Å². The lowest BCUT2D eigenvalue weighted by Crippen LogP contribution is -2.14. The van der Waals surface area contributed by atoms with E-state index in [-0.39, 0.29) is 47.1 Å². The predicted octanol–water partition coefficient (Wildman–Crippen LogP) is 4.69. The third-order valence-corrected chi connectivity index (χ3v) is 7.38. The quantitative estimate of drug-likeness (QED) is 0.0973. The van der Waals surface area contributed by atoms with Gasteiger partial charge in [0.1, 0.15) is 16.5 Å². The molecule has 194 valence electrons. The molecule has 11 heteroatoms. The standard InChI is InChI=1S/C27H23N5O4S.HI/c1-32-15-22(24(33)16-36-20-10-7-18(8-11-20)27(28)29)21-14-19(9-12-23(21)32)31-37(34,35)25-6-2-4-17-5-3-13-30-26(17)25;/h2-15,31H,16H2,1H3,(H3,28,29);1H. The van der Waals surface area contributed by atoms with Gasteiger partial charge in [0.05, 0.1) is 5.52 Å². The number of nitrogens with two attached hydrogens (primary N) is 1. The number of pyridine rings is 1. The number of halogens is 1. The molecule has 0 bridgehead atoms. The molecule has 4 N–H and O–H groups in total. The van der Waals surface area contributed by atoms with Crippen molar-refractivity contribution in [2.75, 3.05) is 11.3 Å². The summed E-state index contributed by atoms with van der Waals surface area (Å²) in [5.41, 5.74) is 7.90. The summed E-state index contributed by atoms with van der Waals surface area (Å²) >= 11 is 0. The zero-order valence-electron chi connectivity index (χ0n) is 20.2. The molecule has 9 nitrogen and oxygen atoms in total. The number of rotatable bonds is 8. The number of para-hydroxylation sites is 1. The van der Waals surface area contributed by atoms with Crippen LogP contribution >= 0.6 is 24.0 Å². The average molecular weight is 641 g/mol. The lowest BCUT2D eigenvalue weighted by Gasteiger charge is -2.11. The van der Waals surface area contributed by atoms with Crippen LogP contribution in [0.15, 0.2) is 90.1 Å². The highest BCUT2D eigenvalue weighted by atomic mass is 127. The van der Waals surface area contributed by atoms with Crippen LogP contribution in [0.5, 0.6) is 5.75 Å². The summed E-state index contributed by atoms with van der Waals surface area (Å²) in [5.74, 6) is 0.150. The number of hydrogen-bond acceptors (Lipinski definition) is 6. The van der Waals surface area contributed by atoms with E-state index >= 15 is 0 Å². The van der Waals surface area contributed by atoms with Crippen molar-refractivity contribution in [1.82, 2.24) is 9.55 Å². The van der Waals surface area contributed by atoms with Gasteiger partial charge in [0.15, 0.2) is 6.61 Å². The molecule has 0 aliphatic carbocycles. The van der Waals surface area contributed by atoms with Crippen LogP contribution < -0.4 is 15.2 Å². The Bertz CT molecular complexity index is 1780. The maximum Gasteiger partial charge on any atom is 0.264 e. The van der Waals surface area contributed by atoms with Crippen LogP contribution in [-0.2, 0) is 17.1 Å². The molecule has 0 spiro atoms. The summed E-state index contributed by atoms with van der Waals surface area (Å²) in [6.07, 6.45) is 3.25. The SMILES string of the molecule is Cn1cc(C(=O)COc2ccc(C(=N)N)cc2)c2cc(NS(=O)(=O)c3cccc4cccnc34)ccc21.I. The van der Waals surface area contributed by atoms with E-state index < -0.39 is 10.0 Å². The highest BCUT2D eigenvalue weighted by Crippen LogP contribution is 2.28. The number of nitrogens with one attached hydrogen (secondary N) is 2. The van der Waals surface area contributed by atoms with E-state index in [0.29, 0.717) is 38.9 Å². The summed E-state index contributed by atoms with van der Waals surface area (Å²) in [7, 11) is -2.13. The zero-order valence-corrected chi connectivity index (χ0v) is 23.4. The smallest absolute Gasteiger partial charge is 0.264 e. The highest BCUT2D eigenvalue weighted by molar-refractivity contribution is 14.0. The third-order valence-electron chi connectivity index (χ3n) is 5.96. The number of nitrogens with zero attached hydrogens (tertiary/aromatic N) is 2. The normalized spacial score (nSPS) is 11.2. The van der Waals surface area contributed by atoms with E-state index in [1.807, 2.05) is 7.05 Å². The molecule has 0 saturated heterocycles. The molecular weight excluding hydrogens is 617 g/mol. The summed E-state index contributed by atoms with van der Waals surface area (Å²) in [4.78, 5) is 17.4.